The number of nitrogens with zero attached hydrogens (tertiary/aromatic N) is 4. The lowest BCUT2D eigenvalue weighted by Crippen LogP contribution is -2.52. The van der Waals surface area contributed by atoms with Crippen LogP contribution in [0, 0.1) is 17.6 Å². The van der Waals surface area contributed by atoms with E-state index in [-0.39, 0.29) is 43.5 Å². The molecule has 0 N–H and O–H groups in total. The van der Waals surface area contributed by atoms with Crippen molar-refractivity contribution in [2.24, 2.45) is 5.92 Å². The number of aromatic nitrogens is 2. The summed E-state index contributed by atoms with van der Waals surface area (Å²) in [4.78, 5) is 19.2. The van der Waals surface area contributed by atoms with Gasteiger partial charge in [0.1, 0.15) is 6.04 Å². The summed E-state index contributed by atoms with van der Waals surface area (Å²) >= 11 is 0. The molecule has 0 aliphatic carbocycles. The molecule has 1 aromatic heterocycles. The second-order valence-corrected chi connectivity index (χ2v) is 10.4. The lowest BCUT2D eigenvalue weighted by atomic mass is 10.0. The molecule has 7 nitrogen and oxygen atoms in total. The molecule has 180 valence electrons. The van der Waals surface area contributed by atoms with Crippen molar-refractivity contribution in [2.75, 3.05) is 26.2 Å². The van der Waals surface area contributed by atoms with Gasteiger partial charge in [-0.3, -0.25) is 4.79 Å². The molecule has 3 aromatic rings. The molecule has 2 aromatic carbocycles. The Morgan fingerprint density at radius 3 is 2.32 bits per heavy atom. The van der Waals surface area contributed by atoms with Gasteiger partial charge in [-0.25, -0.2) is 22.2 Å². The molecule has 10 heteroatoms. The molecular weight excluding hydrogens is 462 g/mol. The number of fused-ring (bicyclic) bond motifs is 1. The first-order chi connectivity index (χ1) is 16.2. The van der Waals surface area contributed by atoms with Crippen LogP contribution in [0.4, 0.5) is 8.78 Å². The summed E-state index contributed by atoms with van der Waals surface area (Å²) in [6.45, 7) is 4.53. The lowest BCUT2D eigenvalue weighted by Gasteiger charge is -2.36. The summed E-state index contributed by atoms with van der Waals surface area (Å²) in [5, 5.41) is 1.18. The third kappa shape index (κ3) is 4.88. The number of carbonyl (C=O) groups is 1. The van der Waals surface area contributed by atoms with Crippen LogP contribution in [-0.2, 0) is 14.8 Å². The molecule has 1 atom stereocenters. The van der Waals surface area contributed by atoms with Crippen molar-refractivity contribution < 1.29 is 22.0 Å². The zero-order chi connectivity index (χ0) is 24.5. The number of imidazole rings is 1. The Kier molecular flexibility index (Phi) is 6.81. The highest BCUT2D eigenvalue weighted by Gasteiger charge is 2.34. The van der Waals surface area contributed by atoms with Crippen LogP contribution in [-0.4, -0.2) is 59.3 Å². The highest BCUT2D eigenvalue weighted by Crippen LogP contribution is 2.27. The predicted octanol–water partition coefficient (Wildman–Crippen LogP) is 3.66. The standard InChI is InChI=1S/C24H26F2N4O3S/c1-17(2)23(30-16-27-21-14-19(25)20(26)15-22(21)30)24(31)28-9-11-29(12-10-28)34(32,33)13-8-18-6-4-3-5-7-18/h3-8,13-17,23H,9-12H2,1-2H3/b13-8+. The van der Waals surface area contributed by atoms with Gasteiger partial charge in [-0.1, -0.05) is 44.2 Å². The Labute approximate surface area is 197 Å². The first kappa shape index (κ1) is 24.0. The number of hydrogen-bond acceptors (Lipinski definition) is 4. The molecule has 1 fully saturated rings. The Balaban J connectivity index is 1.48. The first-order valence-corrected chi connectivity index (χ1v) is 12.5. The van der Waals surface area contributed by atoms with E-state index in [1.165, 1.54) is 16.0 Å². The van der Waals surface area contributed by atoms with Gasteiger partial charge in [-0.05, 0) is 17.6 Å². The van der Waals surface area contributed by atoms with Crippen LogP contribution in [0.3, 0.4) is 0 Å². The van der Waals surface area contributed by atoms with Gasteiger partial charge in [-0.2, -0.15) is 4.31 Å². The first-order valence-electron chi connectivity index (χ1n) is 11.0. The quantitative estimate of drug-likeness (QED) is 0.531. The number of piperazine rings is 1. The molecule has 0 bridgehead atoms. The van der Waals surface area contributed by atoms with Crippen LogP contribution in [0.5, 0.6) is 0 Å². The number of halogens is 2. The van der Waals surface area contributed by atoms with Crippen molar-refractivity contribution in [1.29, 1.82) is 0 Å². The van der Waals surface area contributed by atoms with Crippen molar-refractivity contribution >= 4 is 33.0 Å². The van der Waals surface area contributed by atoms with E-state index >= 15 is 0 Å². The number of rotatable bonds is 6. The van der Waals surface area contributed by atoms with E-state index in [1.807, 2.05) is 44.2 Å². The van der Waals surface area contributed by atoms with Gasteiger partial charge in [-0.15, -0.1) is 0 Å². The van der Waals surface area contributed by atoms with Crippen LogP contribution in [0.1, 0.15) is 25.5 Å². The van der Waals surface area contributed by atoms with Gasteiger partial charge in [0.05, 0.1) is 17.4 Å². The van der Waals surface area contributed by atoms with Crippen LogP contribution in [0.15, 0.2) is 54.2 Å². The minimum absolute atomic E-state index is 0.159. The van der Waals surface area contributed by atoms with E-state index in [4.69, 9.17) is 0 Å². The normalized spacial score (nSPS) is 16.6. The van der Waals surface area contributed by atoms with Gasteiger partial charge in [0.15, 0.2) is 11.6 Å². The smallest absolute Gasteiger partial charge is 0.246 e. The van der Waals surface area contributed by atoms with Crippen molar-refractivity contribution in [3.8, 4) is 0 Å². The van der Waals surface area contributed by atoms with Crippen LogP contribution < -0.4 is 0 Å². The Hall–Kier alpha value is -3.11. The van der Waals surface area contributed by atoms with Gasteiger partial charge < -0.3 is 9.47 Å². The molecule has 0 radical (unpaired) electrons. The zero-order valence-corrected chi connectivity index (χ0v) is 19.8. The van der Waals surface area contributed by atoms with E-state index in [2.05, 4.69) is 4.98 Å². The Bertz CT molecular complexity index is 1310. The van der Waals surface area contributed by atoms with E-state index in [0.29, 0.717) is 5.52 Å². The highest BCUT2D eigenvalue weighted by molar-refractivity contribution is 7.92. The SMILES string of the molecule is CC(C)C(C(=O)N1CCN(S(=O)(=O)/C=C/c2ccccc2)CC1)n1cnc2cc(F)c(F)cc21. The number of sulfonamides is 1. The third-order valence-electron chi connectivity index (χ3n) is 5.94. The van der Waals surface area contributed by atoms with Crippen LogP contribution in [0.2, 0.25) is 0 Å². The van der Waals surface area contributed by atoms with Crippen molar-refractivity contribution in [2.45, 2.75) is 19.9 Å². The zero-order valence-electron chi connectivity index (χ0n) is 18.9. The summed E-state index contributed by atoms with van der Waals surface area (Å²) in [5.41, 5.74) is 1.38. The fourth-order valence-corrected chi connectivity index (χ4v) is 5.31. The maximum Gasteiger partial charge on any atom is 0.246 e. The van der Waals surface area contributed by atoms with Gasteiger partial charge in [0.2, 0.25) is 15.9 Å². The van der Waals surface area contributed by atoms with Crippen LogP contribution >= 0.6 is 0 Å². The average Bonchev–Trinajstić information content (AvgIpc) is 3.20. The summed E-state index contributed by atoms with van der Waals surface area (Å²) < 4.78 is 55.8. The molecule has 1 aliphatic heterocycles. The minimum Gasteiger partial charge on any atom is -0.338 e. The maximum absolute atomic E-state index is 13.9. The molecule has 1 unspecified atom stereocenters. The molecular formula is C24H26F2N4O3S. The molecule has 1 amide bonds. The molecule has 34 heavy (non-hydrogen) atoms. The lowest BCUT2D eigenvalue weighted by molar-refractivity contribution is -0.137. The second-order valence-electron chi connectivity index (χ2n) is 8.58. The summed E-state index contributed by atoms with van der Waals surface area (Å²) in [6, 6.07) is 10.5. The predicted molar refractivity (Wildman–Crippen MR) is 126 cm³/mol. The van der Waals surface area contributed by atoms with Crippen molar-refractivity contribution in [3.63, 3.8) is 0 Å². The fraction of sp³-hybridized carbons (Fsp3) is 0.333. The Morgan fingerprint density at radius 2 is 1.68 bits per heavy atom. The van der Waals surface area contributed by atoms with Crippen LogP contribution in [0.25, 0.3) is 17.1 Å². The minimum atomic E-state index is -3.63. The number of amides is 1. The van der Waals surface area contributed by atoms with Crippen molar-refractivity contribution in [3.05, 3.63) is 71.4 Å². The molecule has 1 saturated heterocycles. The number of hydrogen-bond donors (Lipinski definition) is 0. The molecule has 2 heterocycles. The fourth-order valence-electron chi connectivity index (χ4n) is 4.13. The van der Waals surface area contributed by atoms with Gasteiger partial charge in [0, 0.05) is 43.7 Å². The summed E-state index contributed by atoms with van der Waals surface area (Å²) in [6.07, 6.45) is 2.97. The number of benzene rings is 2. The molecule has 1 aliphatic rings. The van der Waals surface area contributed by atoms with Crippen molar-refractivity contribution in [1.82, 2.24) is 18.8 Å². The van der Waals surface area contributed by atoms with E-state index in [0.717, 1.165) is 17.7 Å². The Morgan fingerprint density at radius 1 is 1.03 bits per heavy atom. The third-order valence-corrected chi connectivity index (χ3v) is 7.51. The van der Waals surface area contributed by atoms with Gasteiger partial charge >= 0.3 is 0 Å². The molecule has 4 rings (SSSR count). The average molecular weight is 489 g/mol. The van der Waals surface area contributed by atoms with E-state index < -0.39 is 27.7 Å². The van der Waals surface area contributed by atoms with E-state index in [9.17, 15) is 22.0 Å². The summed E-state index contributed by atoms with van der Waals surface area (Å²) in [5.74, 6) is -2.38. The maximum atomic E-state index is 13.9. The van der Waals surface area contributed by atoms with E-state index in [1.54, 1.807) is 15.5 Å². The largest absolute Gasteiger partial charge is 0.338 e. The monoisotopic (exact) mass is 488 g/mol. The second kappa shape index (κ2) is 9.63. The summed E-state index contributed by atoms with van der Waals surface area (Å²) in [7, 11) is -3.63. The molecule has 0 saturated carbocycles. The number of carbonyl (C=O) groups excluding carboxylic acids is 1. The van der Waals surface area contributed by atoms with Gasteiger partial charge in [0.25, 0.3) is 0 Å². The molecule has 0 spiro atoms. The topological polar surface area (TPSA) is 75.5 Å². The highest BCUT2D eigenvalue weighted by atomic mass is 32.2.